The molecule has 2 aliphatic rings. The van der Waals surface area contributed by atoms with Gasteiger partial charge in [-0.3, -0.25) is 4.79 Å². The molecular formula is C24H29FN2O5S. The number of hydrogen-bond acceptors (Lipinski definition) is 5. The fourth-order valence-corrected chi connectivity index (χ4v) is 6.03. The predicted molar refractivity (Wildman–Crippen MR) is 121 cm³/mol. The van der Waals surface area contributed by atoms with E-state index >= 15 is 0 Å². The Balaban J connectivity index is 1.51. The molecule has 4 rings (SSSR count). The zero-order valence-corrected chi connectivity index (χ0v) is 19.8. The van der Waals surface area contributed by atoms with Gasteiger partial charge in [-0.2, -0.15) is 4.31 Å². The largest absolute Gasteiger partial charge is 0.497 e. The highest BCUT2D eigenvalue weighted by Gasteiger charge is 2.38. The van der Waals surface area contributed by atoms with Crippen molar-refractivity contribution in [2.24, 2.45) is 5.92 Å². The summed E-state index contributed by atoms with van der Waals surface area (Å²) in [5.41, 5.74) is 0.373. The molecule has 0 radical (unpaired) electrons. The molecule has 2 aromatic rings. The molecule has 178 valence electrons. The van der Waals surface area contributed by atoms with E-state index in [9.17, 15) is 17.6 Å². The van der Waals surface area contributed by atoms with E-state index < -0.39 is 27.4 Å². The lowest BCUT2D eigenvalue weighted by molar-refractivity contribution is -0.127. The van der Waals surface area contributed by atoms with Gasteiger partial charge in [-0.1, -0.05) is 0 Å². The van der Waals surface area contributed by atoms with E-state index in [2.05, 4.69) is 5.32 Å². The molecule has 33 heavy (non-hydrogen) atoms. The van der Waals surface area contributed by atoms with Gasteiger partial charge in [0.2, 0.25) is 15.9 Å². The molecule has 1 fully saturated rings. The first kappa shape index (κ1) is 23.5. The van der Waals surface area contributed by atoms with Crippen LogP contribution in [0.3, 0.4) is 0 Å². The Morgan fingerprint density at radius 3 is 2.64 bits per heavy atom. The summed E-state index contributed by atoms with van der Waals surface area (Å²) in [7, 11) is -2.22. The smallest absolute Gasteiger partial charge is 0.243 e. The summed E-state index contributed by atoms with van der Waals surface area (Å²) in [6.45, 7) is 4.35. The lowest BCUT2D eigenvalue weighted by Gasteiger charge is -2.39. The van der Waals surface area contributed by atoms with Crippen LogP contribution >= 0.6 is 0 Å². The molecule has 1 amide bonds. The van der Waals surface area contributed by atoms with Crippen LogP contribution in [-0.2, 0) is 14.8 Å². The SMILES string of the molecule is COc1ccc2c(c1)C(NC(=O)C1CCCN(S(=O)(=O)c3ccc(F)cc3)C1)CC(C)(C)O2. The number of sulfonamides is 1. The van der Waals surface area contributed by atoms with Crippen molar-refractivity contribution in [2.45, 2.75) is 49.6 Å². The maximum absolute atomic E-state index is 13.2. The maximum atomic E-state index is 13.2. The monoisotopic (exact) mass is 476 g/mol. The molecule has 7 nitrogen and oxygen atoms in total. The first-order chi connectivity index (χ1) is 15.6. The number of nitrogens with zero attached hydrogens (tertiary/aromatic N) is 1. The van der Waals surface area contributed by atoms with Crippen molar-refractivity contribution in [3.05, 3.63) is 53.8 Å². The molecule has 1 N–H and O–H groups in total. The molecule has 0 saturated carbocycles. The Morgan fingerprint density at radius 1 is 1.21 bits per heavy atom. The number of methoxy groups -OCH3 is 1. The van der Waals surface area contributed by atoms with E-state index in [1.54, 1.807) is 7.11 Å². The minimum absolute atomic E-state index is 0.0251. The second-order valence-electron chi connectivity index (χ2n) is 9.19. The molecule has 2 aliphatic heterocycles. The Kier molecular flexibility index (Phi) is 6.37. The van der Waals surface area contributed by atoms with Crippen LogP contribution in [0.15, 0.2) is 47.4 Å². The Bertz CT molecular complexity index is 1130. The van der Waals surface area contributed by atoms with Gasteiger partial charge in [0.05, 0.1) is 24.0 Å². The summed E-state index contributed by atoms with van der Waals surface area (Å²) in [5.74, 6) is 0.202. The molecule has 9 heteroatoms. The van der Waals surface area contributed by atoms with Gasteiger partial charge >= 0.3 is 0 Å². The first-order valence-corrected chi connectivity index (χ1v) is 12.5. The molecule has 2 heterocycles. The third-order valence-electron chi connectivity index (χ3n) is 6.20. The minimum atomic E-state index is -3.80. The molecule has 2 aromatic carbocycles. The van der Waals surface area contributed by atoms with E-state index in [4.69, 9.17) is 9.47 Å². The van der Waals surface area contributed by atoms with E-state index in [0.29, 0.717) is 37.3 Å². The van der Waals surface area contributed by atoms with Crippen LogP contribution in [0.5, 0.6) is 11.5 Å². The highest BCUT2D eigenvalue weighted by molar-refractivity contribution is 7.89. The quantitative estimate of drug-likeness (QED) is 0.712. The van der Waals surface area contributed by atoms with Gasteiger partial charge in [-0.15, -0.1) is 0 Å². The standard InChI is InChI=1S/C24H29FN2O5S/c1-24(2)14-21(20-13-18(31-3)8-11-22(20)32-24)26-23(28)16-5-4-12-27(15-16)33(29,30)19-9-6-17(25)7-10-19/h6-11,13,16,21H,4-5,12,14-15H2,1-3H3,(H,26,28). The van der Waals surface area contributed by atoms with Gasteiger partial charge in [0.15, 0.2) is 0 Å². The van der Waals surface area contributed by atoms with Crippen molar-refractivity contribution in [2.75, 3.05) is 20.2 Å². The molecular weight excluding hydrogens is 447 g/mol. The van der Waals surface area contributed by atoms with Crippen molar-refractivity contribution >= 4 is 15.9 Å². The van der Waals surface area contributed by atoms with Gasteiger partial charge < -0.3 is 14.8 Å². The van der Waals surface area contributed by atoms with E-state index in [0.717, 1.165) is 17.7 Å². The Hall–Kier alpha value is -2.65. The summed E-state index contributed by atoms with van der Waals surface area (Å²) in [4.78, 5) is 13.3. The highest BCUT2D eigenvalue weighted by atomic mass is 32.2. The van der Waals surface area contributed by atoms with Crippen LogP contribution in [-0.4, -0.2) is 44.4 Å². The van der Waals surface area contributed by atoms with Crippen molar-refractivity contribution in [1.82, 2.24) is 9.62 Å². The number of ether oxygens (including phenoxy) is 2. The zero-order chi connectivity index (χ0) is 23.8. The molecule has 0 bridgehead atoms. The van der Waals surface area contributed by atoms with E-state index in [-0.39, 0.29) is 23.4 Å². The van der Waals surface area contributed by atoms with Crippen molar-refractivity contribution in [3.8, 4) is 11.5 Å². The molecule has 2 atom stereocenters. The minimum Gasteiger partial charge on any atom is -0.497 e. The number of halogens is 1. The number of carbonyl (C=O) groups excluding carboxylic acids is 1. The van der Waals surface area contributed by atoms with Crippen LogP contribution in [0.1, 0.15) is 44.7 Å². The number of piperidine rings is 1. The number of amides is 1. The highest BCUT2D eigenvalue weighted by Crippen LogP contribution is 2.41. The Morgan fingerprint density at radius 2 is 1.94 bits per heavy atom. The second-order valence-corrected chi connectivity index (χ2v) is 11.1. The number of carbonyl (C=O) groups is 1. The van der Waals surface area contributed by atoms with Crippen LogP contribution in [0.2, 0.25) is 0 Å². The number of nitrogens with one attached hydrogen (secondary N) is 1. The van der Waals surface area contributed by atoms with Gasteiger partial charge in [0.25, 0.3) is 0 Å². The zero-order valence-electron chi connectivity index (χ0n) is 19.0. The topological polar surface area (TPSA) is 84.9 Å². The number of hydrogen-bond donors (Lipinski definition) is 1. The summed E-state index contributed by atoms with van der Waals surface area (Å²) >= 11 is 0. The fourth-order valence-electron chi connectivity index (χ4n) is 4.51. The molecule has 2 unspecified atom stereocenters. The molecule has 0 aliphatic carbocycles. The van der Waals surface area contributed by atoms with E-state index in [1.165, 1.54) is 16.4 Å². The third kappa shape index (κ3) is 4.99. The molecule has 1 saturated heterocycles. The fraction of sp³-hybridized carbons (Fsp3) is 0.458. The van der Waals surface area contributed by atoms with Crippen LogP contribution in [0.25, 0.3) is 0 Å². The number of fused-ring (bicyclic) bond motifs is 1. The van der Waals surface area contributed by atoms with Gasteiger partial charge in [0, 0.05) is 25.1 Å². The maximum Gasteiger partial charge on any atom is 0.243 e. The van der Waals surface area contributed by atoms with Crippen LogP contribution in [0, 0.1) is 11.7 Å². The van der Waals surface area contributed by atoms with Gasteiger partial charge in [0.1, 0.15) is 22.9 Å². The van der Waals surface area contributed by atoms with Crippen LogP contribution < -0.4 is 14.8 Å². The average molecular weight is 477 g/mol. The Labute approximate surface area is 193 Å². The number of benzene rings is 2. The normalized spacial score (nSPS) is 22.7. The van der Waals surface area contributed by atoms with Crippen LogP contribution in [0.4, 0.5) is 4.39 Å². The summed E-state index contributed by atoms with van der Waals surface area (Å²) in [5, 5.41) is 3.13. The molecule has 0 aromatic heterocycles. The summed E-state index contributed by atoms with van der Waals surface area (Å²) in [6.07, 6.45) is 1.74. The number of rotatable bonds is 5. The second kappa shape index (κ2) is 8.95. The first-order valence-electron chi connectivity index (χ1n) is 11.0. The summed E-state index contributed by atoms with van der Waals surface area (Å²) < 4.78 is 52.0. The average Bonchev–Trinajstić information content (AvgIpc) is 2.78. The summed E-state index contributed by atoms with van der Waals surface area (Å²) in [6, 6.07) is 9.99. The van der Waals surface area contributed by atoms with Crippen molar-refractivity contribution in [1.29, 1.82) is 0 Å². The van der Waals surface area contributed by atoms with Crippen molar-refractivity contribution < 1.29 is 27.1 Å². The van der Waals surface area contributed by atoms with Gasteiger partial charge in [-0.05, 0) is 69.2 Å². The lowest BCUT2D eigenvalue weighted by Crippen LogP contribution is -2.48. The molecule has 0 spiro atoms. The van der Waals surface area contributed by atoms with E-state index in [1.807, 2.05) is 32.0 Å². The predicted octanol–water partition coefficient (Wildman–Crippen LogP) is 3.65. The lowest BCUT2D eigenvalue weighted by atomic mass is 9.88. The third-order valence-corrected chi connectivity index (χ3v) is 8.08. The van der Waals surface area contributed by atoms with Gasteiger partial charge in [-0.25, -0.2) is 12.8 Å². The van der Waals surface area contributed by atoms with Crippen molar-refractivity contribution in [3.63, 3.8) is 0 Å².